The zero-order valence-electron chi connectivity index (χ0n) is 15.9. The Hall–Kier alpha value is -3.08. The average Bonchev–Trinajstić information content (AvgIpc) is 3.03. The maximum Gasteiger partial charge on any atom is 0.334 e. The van der Waals surface area contributed by atoms with Crippen molar-refractivity contribution in [2.24, 2.45) is 0 Å². The van der Waals surface area contributed by atoms with Crippen LogP contribution >= 0.6 is 23.2 Å². The molecule has 1 atom stereocenters. The number of allylic oxidation sites excluding steroid dienone is 1. The Morgan fingerprint density at radius 2 is 1.83 bits per heavy atom. The average molecular weight is 439 g/mol. The zero-order chi connectivity index (χ0) is 21.3. The highest BCUT2D eigenvalue weighted by molar-refractivity contribution is 6.31. The predicted molar refractivity (Wildman–Crippen MR) is 116 cm³/mol. The van der Waals surface area contributed by atoms with Crippen molar-refractivity contribution < 1.29 is 19.1 Å². The van der Waals surface area contributed by atoms with Crippen molar-refractivity contribution in [1.29, 1.82) is 0 Å². The van der Waals surface area contributed by atoms with E-state index in [9.17, 15) is 9.59 Å². The number of Topliss-reactive ketones (excluding diaryl/α,β-unsaturated/α-hetero) is 1. The fraction of sp³-hybridized carbons (Fsp3) is 0.0833. The molecular formula is C24H16Cl2O4. The fourth-order valence-corrected chi connectivity index (χ4v) is 3.60. The number of aryl methyl sites for hydroxylation is 1. The third-order valence-electron chi connectivity index (χ3n) is 4.61. The van der Waals surface area contributed by atoms with Crippen LogP contribution in [0.4, 0.5) is 0 Å². The Morgan fingerprint density at radius 1 is 1.07 bits per heavy atom. The molecule has 1 unspecified atom stereocenters. The van der Waals surface area contributed by atoms with Crippen LogP contribution in [0.5, 0.6) is 11.5 Å². The van der Waals surface area contributed by atoms with Gasteiger partial charge in [0.2, 0.25) is 5.78 Å². The molecule has 0 amide bonds. The number of carbonyl (C=O) groups is 2. The number of ketones is 1. The molecule has 0 saturated carbocycles. The third kappa shape index (κ3) is 4.11. The van der Waals surface area contributed by atoms with Crippen molar-refractivity contribution in [1.82, 2.24) is 0 Å². The van der Waals surface area contributed by atoms with E-state index in [1.807, 2.05) is 12.1 Å². The van der Waals surface area contributed by atoms with Crippen LogP contribution in [-0.2, 0) is 4.79 Å². The van der Waals surface area contributed by atoms with Crippen molar-refractivity contribution in [2.45, 2.75) is 12.3 Å². The first-order chi connectivity index (χ1) is 14.4. The molecule has 0 aliphatic carbocycles. The van der Waals surface area contributed by atoms with Gasteiger partial charge in [0, 0.05) is 11.1 Å². The first-order valence-corrected chi connectivity index (χ1v) is 9.99. The van der Waals surface area contributed by atoms with Crippen LogP contribution < -0.4 is 9.47 Å². The number of carbonyl (C=O) groups excluding carboxylic acids is 2. The Labute approximate surface area is 183 Å². The van der Waals surface area contributed by atoms with E-state index in [1.54, 1.807) is 61.5 Å². The Morgan fingerprint density at radius 3 is 2.57 bits per heavy atom. The highest BCUT2D eigenvalue weighted by atomic mass is 35.5. The van der Waals surface area contributed by atoms with Gasteiger partial charge in [-0.25, -0.2) is 4.79 Å². The van der Waals surface area contributed by atoms with E-state index in [0.717, 1.165) is 5.56 Å². The SMILES string of the molecule is Cc1cc(OC(=O)C(Cl)c2ccccc2)cc2c1C(=O)/C(=C/c1cccc(Cl)c1)O2. The van der Waals surface area contributed by atoms with Crippen molar-refractivity contribution in [2.75, 3.05) is 0 Å². The number of hydrogen-bond acceptors (Lipinski definition) is 4. The summed E-state index contributed by atoms with van der Waals surface area (Å²) >= 11 is 12.2. The molecule has 0 aromatic heterocycles. The first-order valence-electron chi connectivity index (χ1n) is 9.17. The lowest BCUT2D eigenvalue weighted by Gasteiger charge is -2.11. The highest BCUT2D eigenvalue weighted by Crippen LogP contribution is 2.38. The summed E-state index contributed by atoms with van der Waals surface area (Å²) in [6, 6.07) is 19.2. The molecule has 0 N–H and O–H groups in total. The minimum Gasteiger partial charge on any atom is -0.452 e. The van der Waals surface area contributed by atoms with Crippen molar-refractivity contribution >= 4 is 41.0 Å². The number of esters is 1. The summed E-state index contributed by atoms with van der Waals surface area (Å²) in [5, 5.41) is -0.382. The van der Waals surface area contributed by atoms with Crippen LogP contribution in [0.1, 0.15) is 32.4 Å². The second-order valence-corrected chi connectivity index (χ2v) is 7.68. The summed E-state index contributed by atoms with van der Waals surface area (Å²) in [5.41, 5.74) is 2.46. The van der Waals surface area contributed by atoms with Gasteiger partial charge in [0.05, 0.1) is 5.56 Å². The van der Waals surface area contributed by atoms with Gasteiger partial charge in [-0.3, -0.25) is 4.79 Å². The molecule has 150 valence electrons. The van der Waals surface area contributed by atoms with Crippen molar-refractivity contribution in [3.63, 3.8) is 0 Å². The van der Waals surface area contributed by atoms with Gasteiger partial charge in [-0.2, -0.15) is 0 Å². The van der Waals surface area contributed by atoms with E-state index in [-0.39, 0.29) is 17.3 Å². The zero-order valence-corrected chi connectivity index (χ0v) is 17.4. The summed E-state index contributed by atoms with van der Waals surface area (Å²) in [6.07, 6.45) is 1.63. The van der Waals surface area contributed by atoms with E-state index in [1.165, 1.54) is 6.07 Å². The maximum atomic E-state index is 12.8. The molecule has 1 heterocycles. The molecule has 30 heavy (non-hydrogen) atoms. The monoisotopic (exact) mass is 438 g/mol. The molecule has 4 rings (SSSR count). The van der Waals surface area contributed by atoms with Gasteiger partial charge in [0.15, 0.2) is 11.1 Å². The van der Waals surface area contributed by atoms with Gasteiger partial charge < -0.3 is 9.47 Å². The van der Waals surface area contributed by atoms with Crippen molar-refractivity contribution in [3.8, 4) is 11.5 Å². The molecule has 0 radical (unpaired) electrons. The second kappa shape index (κ2) is 8.34. The van der Waals surface area contributed by atoms with Gasteiger partial charge in [-0.15, -0.1) is 11.6 Å². The third-order valence-corrected chi connectivity index (χ3v) is 5.27. The summed E-state index contributed by atoms with van der Waals surface area (Å²) in [7, 11) is 0. The Bertz CT molecular complexity index is 1170. The lowest BCUT2D eigenvalue weighted by molar-refractivity contribution is -0.134. The van der Waals surface area contributed by atoms with Gasteiger partial charge >= 0.3 is 5.97 Å². The molecule has 1 aliphatic rings. The van der Waals surface area contributed by atoms with E-state index in [2.05, 4.69) is 0 Å². The van der Waals surface area contributed by atoms with E-state index >= 15 is 0 Å². The molecule has 0 spiro atoms. The van der Waals surface area contributed by atoms with Crippen LogP contribution in [0, 0.1) is 6.92 Å². The highest BCUT2D eigenvalue weighted by Gasteiger charge is 2.30. The molecule has 6 heteroatoms. The van der Waals surface area contributed by atoms with Crippen LogP contribution in [0.2, 0.25) is 5.02 Å². The van der Waals surface area contributed by atoms with E-state index < -0.39 is 11.3 Å². The first kappa shape index (κ1) is 20.2. The number of hydrogen-bond donors (Lipinski definition) is 0. The van der Waals surface area contributed by atoms with Crippen LogP contribution in [-0.4, -0.2) is 11.8 Å². The van der Waals surface area contributed by atoms with Gasteiger partial charge in [0.1, 0.15) is 11.5 Å². The van der Waals surface area contributed by atoms with Gasteiger partial charge in [-0.1, -0.05) is 54.1 Å². The minimum atomic E-state index is -0.944. The number of fused-ring (bicyclic) bond motifs is 1. The van der Waals surface area contributed by atoms with Crippen LogP contribution in [0.15, 0.2) is 72.5 Å². The molecule has 0 bridgehead atoms. The fourth-order valence-electron chi connectivity index (χ4n) is 3.21. The Balaban J connectivity index is 1.57. The lowest BCUT2D eigenvalue weighted by Crippen LogP contribution is -2.14. The topological polar surface area (TPSA) is 52.6 Å². The van der Waals surface area contributed by atoms with E-state index in [0.29, 0.717) is 27.5 Å². The number of benzene rings is 3. The normalized spacial score (nSPS) is 14.9. The molecule has 0 saturated heterocycles. The lowest BCUT2D eigenvalue weighted by atomic mass is 10.0. The summed E-state index contributed by atoms with van der Waals surface area (Å²) in [4.78, 5) is 25.2. The Kier molecular flexibility index (Phi) is 5.62. The van der Waals surface area contributed by atoms with Crippen LogP contribution in [0.25, 0.3) is 6.08 Å². The molecule has 0 fully saturated rings. The summed E-state index contributed by atoms with van der Waals surface area (Å²) < 4.78 is 11.2. The smallest absolute Gasteiger partial charge is 0.334 e. The minimum absolute atomic E-state index is 0.179. The van der Waals surface area contributed by atoms with Gasteiger partial charge in [0.25, 0.3) is 0 Å². The molecule has 4 nitrogen and oxygen atoms in total. The maximum absolute atomic E-state index is 12.8. The molecule has 3 aromatic rings. The number of halogens is 2. The number of rotatable bonds is 4. The number of ether oxygens (including phenoxy) is 2. The molecular weight excluding hydrogens is 423 g/mol. The standard InChI is InChI=1S/C24H16Cl2O4/c1-14-10-18(29-24(28)22(26)16-7-3-2-4-8-16)13-19-21(14)23(27)20(30-19)12-15-6-5-9-17(25)11-15/h2-13,22H,1H3/b20-12-. The molecule has 3 aromatic carbocycles. The number of alkyl halides is 1. The summed E-state index contributed by atoms with van der Waals surface area (Å²) in [6.45, 7) is 1.76. The van der Waals surface area contributed by atoms with Gasteiger partial charge in [-0.05, 0) is 47.9 Å². The summed E-state index contributed by atoms with van der Waals surface area (Å²) in [5.74, 6) is -0.0732. The second-order valence-electron chi connectivity index (χ2n) is 6.80. The van der Waals surface area contributed by atoms with Crippen LogP contribution in [0.3, 0.4) is 0 Å². The quantitative estimate of drug-likeness (QED) is 0.212. The largest absolute Gasteiger partial charge is 0.452 e. The molecule has 1 aliphatic heterocycles. The predicted octanol–water partition coefficient (Wildman–Crippen LogP) is 6.15. The van der Waals surface area contributed by atoms with E-state index in [4.69, 9.17) is 32.7 Å². The van der Waals surface area contributed by atoms with Crippen molar-refractivity contribution in [3.05, 3.63) is 99.8 Å².